The first-order valence-corrected chi connectivity index (χ1v) is 11.6. The zero-order valence-electron chi connectivity index (χ0n) is 19.3. The molecule has 2 heterocycles. The summed E-state index contributed by atoms with van der Waals surface area (Å²) in [5.74, 6) is 0. The lowest BCUT2D eigenvalue weighted by Crippen LogP contribution is -1.96. The van der Waals surface area contributed by atoms with Crippen molar-refractivity contribution in [3.8, 4) is 33.5 Å². The van der Waals surface area contributed by atoms with Gasteiger partial charge in [-0.2, -0.15) is 0 Å². The quantitative estimate of drug-likeness (QED) is 0.260. The number of rotatable bonds is 3. The van der Waals surface area contributed by atoms with Crippen molar-refractivity contribution in [3.05, 3.63) is 120 Å². The Labute approximate surface area is 199 Å². The van der Waals surface area contributed by atoms with E-state index >= 15 is 0 Å². The molecule has 0 fully saturated rings. The molecule has 0 bridgehead atoms. The molecule has 34 heavy (non-hydrogen) atoms. The van der Waals surface area contributed by atoms with Gasteiger partial charge in [0.15, 0.2) is 0 Å². The van der Waals surface area contributed by atoms with Crippen LogP contribution in [0.15, 0.2) is 109 Å². The second kappa shape index (κ2) is 8.24. The van der Waals surface area contributed by atoms with Gasteiger partial charge in [-0.25, -0.2) is 4.98 Å². The van der Waals surface area contributed by atoms with E-state index in [2.05, 4.69) is 111 Å². The van der Waals surface area contributed by atoms with E-state index in [4.69, 9.17) is 9.97 Å². The Morgan fingerprint density at radius 3 is 1.97 bits per heavy atom. The predicted octanol–water partition coefficient (Wildman–Crippen LogP) is 8.40. The summed E-state index contributed by atoms with van der Waals surface area (Å²) in [5, 5.41) is 2.22. The molecule has 2 aromatic heterocycles. The van der Waals surface area contributed by atoms with Crippen LogP contribution in [-0.4, -0.2) is 9.97 Å². The zero-order valence-corrected chi connectivity index (χ0v) is 19.3. The molecule has 0 saturated heterocycles. The maximum absolute atomic E-state index is 5.23. The monoisotopic (exact) mass is 436 g/mol. The standard InChI is InChI=1S/C32H24N2/c1-21-13-16-27(24-11-7-4-8-12-24)30(22(21)2)29-18-15-25-14-17-28-26(23-9-5-3-6-10-23)19-20-33-32(28)31(25)34-29/h3-20H,1-2H3. The molecule has 4 aromatic carbocycles. The summed E-state index contributed by atoms with van der Waals surface area (Å²) in [6.07, 6.45) is 1.89. The molecule has 6 rings (SSSR count). The van der Waals surface area contributed by atoms with Crippen molar-refractivity contribution in [1.82, 2.24) is 9.97 Å². The average molecular weight is 437 g/mol. The molecule has 0 radical (unpaired) electrons. The zero-order chi connectivity index (χ0) is 23.1. The van der Waals surface area contributed by atoms with Crippen LogP contribution < -0.4 is 0 Å². The predicted molar refractivity (Wildman–Crippen MR) is 143 cm³/mol. The topological polar surface area (TPSA) is 25.8 Å². The lowest BCUT2D eigenvalue weighted by molar-refractivity contribution is 1.30. The third-order valence-electron chi connectivity index (χ3n) is 6.73. The summed E-state index contributed by atoms with van der Waals surface area (Å²) in [5.41, 5.74) is 11.3. The van der Waals surface area contributed by atoms with Gasteiger partial charge in [0.2, 0.25) is 0 Å². The fraction of sp³-hybridized carbons (Fsp3) is 0.0625. The molecule has 0 N–H and O–H groups in total. The van der Waals surface area contributed by atoms with Gasteiger partial charge in [0.05, 0.1) is 16.7 Å². The molecular weight excluding hydrogens is 412 g/mol. The number of benzene rings is 4. The minimum absolute atomic E-state index is 0.937. The van der Waals surface area contributed by atoms with Crippen molar-refractivity contribution in [2.45, 2.75) is 13.8 Å². The second-order valence-corrected chi connectivity index (χ2v) is 8.75. The Hall–Kier alpha value is -4.30. The summed E-state index contributed by atoms with van der Waals surface area (Å²) in [4.78, 5) is 10.0. The summed E-state index contributed by atoms with van der Waals surface area (Å²) in [7, 11) is 0. The number of fused-ring (bicyclic) bond motifs is 3. The van der Waals surface area contributed by atoms with Crippen molar-refractivity contribution in [1.29, 1.82) is 0 Å². The van der Waals surface area contributed by atoms with E-state index in [0.29, 0.717) is 0 Å². The first-order chi connectivity index (χ1) is 16.7. The molecule has 0 aliphatic heterocycles. The van der Waals surface area contributed by atoms with E-state index < -0.39 is 0 Å². The van der Waals surface area contributed by atoms with E-state index in [-0.39, 0.29) is 0 Å². The molecule has 0 spiro atoms. The smallest absolute Gasteiger partial charge is 0.0972 e. The highest BCUT2D eigenvalue weighted by Gasteiger charge is 2.15. The summed E-state index contributed by atoms with van der Waals surface area (Å²) in [6, 6.07) is 36.2. The van der Waals surface area contributed by atoms with Crippen LogP contribution in [0.3, 0.4) is 0 Å². The first-order valence-electron chi connectivity index (χ1n) is 11.6. The molecule has 6 aromatic rings. The van der Waals surface area contributed by atoms with E-state index in [9.17, 15) is 0 Å². The minimum atomic E-state index is 0.937. The van der Waals surface area contributed by atoms with Gasteiger partial charge < -0.3 is 0 Å². The first kappa shape index (κ1) is 20.3. The van der Waals surface area contributed by atoms with Gasteiger partial charge in [-0.3, -0.25) is 4.98 Å². The molecule has 0 aliphatic rings. The molecular formula is C32H24N2. The molecule has 2 nitrogen and oxygen atoms in total. The Kier molecular flexibility index (Phi) is 4.92. The van der Waals surface area contributed by atoms with Gasteiger partial charge in [-0.1, -0.05) is 91.0 Å². The highest BCUT2D eigenvalue weighted by atomic mass is 14.8. The average Bonchev–Trinajstić information content (AvgIpc) is 2.90. The van der Waals surface area contributed by atoms with Crippen molar-refractivity contribution < 1.29 is 0 Å². The highest BCUT2D eigenvalue weighted by molar-refractivity contribution is 6.08. The van der Waals surface area contributed by atoms with Gasteiger partial charge >= 0.3 is 0 Å². The Morgan fingerprint density at radius 2 is 1.24 bits per heavy atom. The van der Waals surface area contributed by atoms with E-state index in [0.717, 1.165) is 27.5 Å². The fourth-order valence-corrected chi connectivity index (χ4v) is 4.81. The van der Waals surface area contributed by atoms with Crippen LogP contribution in [0.1, 0.15) is 11.1 Å². The molecule has 2 heteroatoms. The van der Waals surface area contributed by atoms with Crippen LogP contribution in [0.25, 0.3) is 55.3 Å². The number of pyridine rings is 2. The van der Waals surface area contributed by atoms with Crippen molar-refractivity contribution in [2.75, 3.05) is 0 Å². The summed E-state index contributed by atoms with van der Waals surface area (Å²) < 4.78 is 0. The maximum Gasteiger partial charge on any atom is 0.0972 e. The summed E-state index contributed by atoms with van der Waals surface area (Å²) in [6.45, 7) is 4.36. The van der Waals surface area contributed by atoms with Gasteiger partial charge in [0, 0.05) is 22.5 Å². The number of aryl methyl sites for hydroxylation is 1. The molecule has 0 aliphatic carbocycles. The van der Waals surface area contributed by atoms with Crippen LogP contribution in [-0.2, 0) is 0 Å². The van der Waals surface area contributed by atoms with Gasteiger partial charge in [0.1, 0.15) is 0 Å². The van der Waals surface area contributed by atoms with E-state index in [1.807, 2.05) is 12.3 Å². The normalized spacial score (nSPS) is 11.2. The minimum Gasteiger partial charge on any atom is -0.254 e. The van der Waals surface area contributed by atoms with Crippen molar-refractivity contribution in [3.63, 3.8) is 0 Å². The highest BCUT2D eigenvalue weighted by Crippen LogP contribution is 2.37. The molecule has 0 unspecified atom stereocenters. The SMILES string of the molecule is Cc1ccc(-c2ccccc2)c(-c2ccc3ccc4c(-c5ccccc5)ccnc4c3n2)c1C. The molecule has 0 atom stereocenters. The lowest BCUT2D eigenvalue weighted by Gasteiger charge is -2.16. The van der Waals surface area contributed by atoms with Crippen molar-refractivity contribution >= 4 is 21.8 Å². The Morgan fingerprint density at radius 1 is 0.559 bits per heavy atom. The van der Waals surface area contributed by atoms with Gasteiger partial charge in [-0.15, -0.1) is 0 Å². The molecule has 0 amide bonds. The Bertz CT molecular complexity index is 1650. The fourth-order valence-electron chi connectivity index (χ4n) is 4.81. The summed E-state index contributed by atoms with van der Waals surface area (Å²) >= 11 is 0. The van der Waals surface area contributed by atoms with E-state index in [1.54, 1.807) is 0 Å². The third-order valence-corrected chi connectivity index (χ3v) is 6.73. The van der Waals surface area contributed by atoms with Crippen LogP contribution in [0, 0.1) is 13.8 Å². The number of hydrogen-bond acceptors (Lipinski definition) is 2. The Balaban J connectivity index is 1.62. The number of aromatic nitrogens is 2. The largest absolute Gasteiger partial charge is 0.254 e. The molecule has 0 saturated carbocycles. The van der Waals surface area contributed by atoms with Crippen molar-refractivity contribution in [2.24, 2.45) is 0 Å². The van der Waals surface area contributed by atoms with Gasteiger partial charge in [0.25, 0.3) is 0 Å². The number of nitrogens with zero attached hydrogens (tertiary/aromatic N) is 2. The van der Waals surface area contributed by atoms with Crippen LogP contribution in [0.4, 0.5) is 0 Å². The lowest BCUT2D eigenvalue weighted by atomic mass is 9.90. The number of hydrogen-bond donors (Lipinski definition) is 0. The third kappa shape index (κ3) is 3.36. The van der Waals surface area contributed by atoms with Crippen LogP contribution in [0.2, 0.25) is 0 Å². The van der Waals surface area contributed by atoms with Crippen LogP contribution in [0.5, 0.6) is 0 Å². The van der Waals surface area contributed by atoms with Crippen LogP contribution >= 0.6 is 0 Å². The maximum atomic E-state index is 5.23. The molecule has 162 valence electrons. The second-order valence-electron chi connectivity index (χ2n) is 8.75. The van der Waals surface area contributed by atoms with E-state index in [1.165, 1.54) is 38.9 Å². The van der Waals surface area contributed by atoms with Gasteiger partial charge in [-0.05, 0) is 59.4 Å².